The largest absolute Gasteiger partial charge is 0.467 e. The third-order valence-corrected chi connectivity index (χ3v) is 3.54. The molecule has 5 heteroatoms. The van der Waals surface area contributed by atoms with Crippen LogP contribution in [0.1, 0.15) is 40.0 Å². The highest BCUT2D eigenvalue weighted by molar-refractivity contribution is 5.89. The second-order valence-electron chi connectivity index (χ2n) is 5.41. The van der Waals surface area contributed by atoms with Gasteiger partial charge in [-0.1, -0.05) is 13.3 Å². The molecule has 18 heavy (non-hydrogen) atoms. The lowest BCUT2D eigenvalue weighted by atomic mass is 9.89. The number of ether oxygens (including phenoxy) is 1. The first-order valence-corrected chi connectivity index (χ1v) is 6.54. The van der Waals surface area contributed by atoms with E-state index < -0.39 is 11.5 Å². The Balaban J connectivity index is 2.57. The molecule has 1 aliphatic rings. The lowest BCUT2D eigenvalue weighted by Crippen LogP contribution is -2.57. The van der Waals surface area contributed by atoms with Crippen LogP contribution in [0.15, 0.2) is 0 Å². The number of amides is 1. The van der Waals surface area contributed by atoms with Crippen molar-refractivity contribution < 1.29 is 14.3 Å². The average molecular weight is 256 g/mol. The number of rotatable bonds is 4. The van der Waals surface area contributed by atoms with Gasteiger partial charge in [0.2, 0.25) is 5.91 Å². The molecule has 0 spiro atoms. The van der Waals surface area contributed by atoms with Gasteiger partial charge in [-0.25, -0.2) is 4.79 Å². The fraction of sp³-hybridized carbons (Fsp3) is 0.846. The van der Waals surface area contributed by atoms with Crippen LogP contribution >= 0.6 is 0 Å². The summed E-state index contributed by atoms with van der Waals surface area (Å²) in [5.41, 5.74) is -0.979. The Labute approximate surface area is 109 Å². The van der Waals surface area contributed by atoms with E-state index in [0.29, 0.717) is 5.92 Å². The summed E-state index contributed by atoms with van der Waals surface area (Å²) in [5, 5.41) is 5.94. The van der Waals surface area contributed by atoms with Crippen LogP contribution in [0.25, 0.3) is 0 Å². The van der Waals surface area contributed by atoms with Crippen molar-refractivity contribution in [1.29, 1.82) is 0 Å². The van der Waals surface area contributed by atoms with Gasteiger partial charge in [0.15, 0.2) is 0 Å². The first kappa shape index (κ1) is 15.0. The fourth-order valence-corrected chi connectivity index (χ4v) is 2.27. The lowest BCUT2D eigenvalue weighted by molar-refractivity contribution is -0.149. The second-order valence-corrected chi connectivity index (χ2v) is 5.41. The van der Waals surface area contributed by atoms with Crippen LogP contribution < -0.4 is 10.6 Å². The van der Waals surface area contributed by atoms with E-state index in [-0.39, 0.29) is 11.9 Å². The van der Waals surface area contributed by atoms with Crippen molar-refractivity contribution in [3.8, 4) is 0 Å². The highest BCUT2D eigenvalue weighted by Crippen LogP contribution is 2.19. The zero-order valence-corrected chi connectivity index (χ0v) is 11.7. The van der Waals surface area contributed by atoms with E-state index >= 15 is 0 Å². The minimum atomic E-state index is -0.979. The summed E-state index contributed by atoms with van der Waals surface area (Å²) >= 11 is 0. The van der Waals surface area contributed by atoms with Gasteiger partial charge < -0.3 is 15.4 Å². The van der Waals surface area contributed by atoms with Crippen LogP contribution in [0.2, 0.25) is 0 Å². The predicted molar refractivity (Wildman–Crippen MR) is 69.0 cm³/mol. The molecule has 0 aromatic rings. The van der Waals surface area contributed by atoms with Crippen LogP contribution in [0.4, 0.5) is 0 Å². The zero-order chi connectivity index (χ0) is 13.8. The summed E-state index contributed by atoms with van der Waals surface area (Å²) in [7, 11) is 1.32. The van der Waals surface area contributed by atoms with E-state index in [4.69, 9.17) is 0 Å². The molecular formula is C13H24N2O3. The molecule has 1 amide bonds. The van der Waals surface area contributed by atoms with Crippen molar-refractivity contribution in [2.75, 3.05) is 13.7 Å². The molecule has 1 fully saturated rings. The fourth-order valence-electron chi connectivity index (χ4n) is 2.27. The molecule has 0 aliphatic carbocycles. The number of carbonyl (C=O) groups excluding carboxylic acids is 2. The molecule has 1 rings (SSSR count). The maximum Gasteiger partial charge on any atom is 0.330 e. The molecule has 0 saturated carbocycles. The van der Waals surface area contributed by atoms with Crippen LogP contribution in [-0.4, -0.2) is 37.1 Å². The molecule has 5 nitrogen and oxygen atoms in total. The smallest absolute Gasteiger partial charge is 0.330 e. The van der Waals surface area contributed by atoms with Crippen molar-refractivity contribution in [2.24, 2.45) is 5.92 Å². The molecule has 2 N–H and O–H groups in total. The minimum Gasteiger partial charge on any atom is -0.467 e. The maximum absolute atomic E-state index is 12.1. The van der Waals surface area contributed by atoms with Gasteiger partial charge in [0.25, 0.3) is 0 Å². The molecule has 0 radical (unpaired) electrons. The number of methoxy groups -OCH3 is 1. The van der Waals surface area contributed by atoms with Gasteiger partial charge in [-0.15, -0.1) is 0 Å². The van der Waals surface area contributed by atoms with Crippen LogP contribution in [0.5, 0.6) is 0 Å². The van der Waals surface area contributed by atoms with Crippen LogP contribution in [-0.2, 0) is 14.3 Å². The van der Waals surface area contributed by atoms with E-state index in [1.807, 2.05) is 0 Å². The van der Waals surface area contributed by atoms with Crippen molar-refractivity contribution in [3.05, 3.63) is 0 Å². The Hall–Kier alpha value is -1.10. The second kappa shape index (κ2) is 6.18. The van der Waals surface area contributed by atoms with Gasteiger partial charge in [-0.3, -0.25) is 4.79 Å². The van der Waals surface area contributed by atoms with E-state index in [1.54, 1.807) is 13.8 Å². The monoisotopic (exact) mass is 256 g/mol. The number of nitrogens with one attached hydrogen (secondary N) is 2. The molecule has 104 valence electrons. The highest BCUT2D eigenvalue weighted by atomic mass is 16.5. The lowest BCUT2D eigenvalue weighted by Gasteiger charge is -2.31. The number of hydrogen-bond donors (Lipinski definition) is 2. The molecule has 1 aliphatic heterocycles. The summed E-state index contributed by atoms with van der Waals surface area (Å²) in [6, 6.07) is -0.201. The molecular weight excluding hydrogens is 232 g/mol. The Morgan fingerprint density at radius 3 is 2.67 bits per heavy atom. The standard InChI is InChI=1S/C13H24N2O3/c1-5-9-6-7-14-10(8-9)11(16)15-13(2,3)12(17)18-4/h9-10,14H,5-8H2,1-4H3,(H,15,16). The first-order valence-electron chi connectivity index (χ1n) is 6.54. The quantitative estimate of drug-likeness (QED) is 0.731. The van der Waals surface area contributed by atoms with E-state index in [1.165, 1.54) is 7.11 Å². The SMILES string of the molecule is CCC1CCNC(C(=O)NC(C)(C)C(=O)OC)C1. The van der Waals surface area contributed by atoms with Gasteiger partial charge in [0, 0.05) is 0 Å². The third-order valence-electron chi connectivity index (χ3n) is 3.54. The van der Waals surface area contributed by atoms with Crippen LogP contribution in [0, 0.1) is 5.92 Å². The van der Waals surface area contributed by atoms with Gasteiger partial charge >= 0.3 is 5.97 Å². The summed E-state index contributed by atoms with van der Waals surface area (Å²) in [6.45, 7) is 6.30. The topological polar surface area (TPSA) is 67.4 Å². The minimum absolute atomic E-state index is 0.122. The molecule has 2 atom stereocenters. The first-order chi connectivity index (χ1) is 8.40. The average Bonchev–Trinajstić information content (AvgIpc) is 2.37. The van der Waals surface area contributed by atoms with Crippen molar-refractivity contribution in [1.82, 2.24) is 10.6 Å². The normalized spacial score (nSPS) is 24.4. The van der Waals surface area contributed by atoms with Crippen molar-refractivity contribution in [2.45, 2.75) is 51.6 Å². The molecule has 0 aromatic carbocycles. The van der Waals surface area contributed by atoms with Gasteiger partial charge in [-0.2, -0.15) is 0 Å². The van der Waals surface area contributed by atoms with Gasteiger partial charge in [-0.05, 0) is 39.2 Å². The molecule has 1 heterocycles. The summed E-state index contributed by atoms with van der Waals surface area (Å²) in [6.07, 6.45) is 3.03. The molecule has 0 bridgehead atoms. The van der Waals surface area contributed by atoms with E-state index in [0.717, 1.165) is 25.8 Å². The van der Waals surface area contributed by atoms with E-state index in [9.17, 15) is 9.59 Å². The van der Waals surface area contributed by atoms with Gasteiger partial charge in [0.05, 0.1) is 13.2 Å². The third kappa shape index (κ3) is 3.70. The Morgan fingerprint density at radius 2 is 2.11 bits per heavy atom. The molecule has 1 saturated heterocycles. The Bertz CT molecular complexity index is 315. The summed E-state index contributed by atoms with van der Waals surface area (Å²) < 4.78 is 4.67. The molecule has 2 unspecified atom stereocenters. The molecule has 0 aromatic heterocycles. The van der Waals surface area contributed by atoms with Crippen LogP contribution in [0.3, 0.4) is 0 Å². The van der Waals surface area contributed by atoms with E-state index in [2.05, 4.69) is 22.3 Å². The number of carbonyl (C=O) groups is 2. The zero-order valence-electron chi connectivity index (χ0n) is 11.7. The Morgan fingerprint density at radius 1 is 1.44 bits per heavy atom. The van der Waals surface area contributed by atoms with Gasteiger partial charge in [0.1, 0.15) is 5.54 Å². The maximum atomic E-state index is 12.1. The number of piperidine rings is 1. The number of esters is 1. The predicted octanol–water partition coefficient (Wildman–Crippen LogP) is 0.832. The Kier molecular flexibility index (Phi) is 5.14. The highest BCUT2D eigenvalue weighted by Gasteiger charge is 2.34. The van der Waals surface area contributed by atoms with Crippen molar-refractivity contribution in [3.63, 3.8) is 0 Å². The number of hydrogen-bond acceptors (Lipinski definition) is 4. The summed E-state index contributed by atoms with van der Waals surface area (Å²) in [5.74, 6) is 0.0329. The van der Waals surface area contributed by atoms with Crippen molar-refractivity contribution >= 4 is 11.9 Å². The summed E-state index contributed by atoms with van der Waals surface area (Å²) in [4.78, 5) is 23.6.